The molecule has 4 N–H and O–H groups in total. The van der Waals surface area contributed by atoms with Gasteiger partial charge in [-0.3, -0.25) is 0 Å². The summed E-state index contributed by atoms with van der Waals surface area (Å²) in [5, 5.41) is 4.34. The number of nitrogens with zero attached hydrogens (tertiary/aromatic N) is 1. The first-order valence-electron chi connectivity index (χ1n) is 8.80. The molecular formula is C21H26N4O2. The van der Waals surface area contributed by atoms with Gasteiger partial charge in [-0.25, -0.2) is 4.99 Å². The second-order valence-electron chi connectivity index (χ2n) is 6.62. The Morgan fingerprint density at radius 1 is 1.07 bits per heavy atom. The molecule has 0 fully saturated rings. The maximum absolute atomic E-state index is 6.09. The molecule has 6 nitrogen and oxygen atoms in total. The van der Waals surface area contributed by atoms with E-state index in [0.717, 1.165) is 16.8 Å². The highest BCUT2D eigenvalue weighted by Gasteiger charge is 2.10. The van der Waals surface area contributed by atoms with Gasteiger partial charge < -0.3 is 25.5 Å². The second kappa shape index (κ2) is 7.61. The van der Waals surface area contributed by atoms with Crippen molar-refractivity contribution in [2.24, 2.45) is 10.7 Å². The maximum Gasteiger partial charge on any atom is 0.193 e. The number of aryl methyl sites for hydroxylation is 3. The van der Waals surface area contributed by atoms with Crippen LogP contribution in [-0.4, -0.2) is 25.2 Å². The van der Waals surface area contributed by atoms with Crippen molar-refractivity contribution in [3.8, 4) is 11.5 Å². The maximum atomic E-state index is 6.09. The summed E-state index contributed by atoms with van der Waals surface area (Å²) in [5.74, 6) is 1.64. The molecule has 6 heteroatoms. The molecule has 0 saturated heterocycles. The third-order valence-corrected chi connectivity index (χ3v) is 4.72. The van der Waals surface area contributed by atoms with Gasteiger partial charge in [-0.2, -0.15) is 0 Å². The third-order valence-electron chi connectivity index (χ3n) is 4.72. The van der Waals surface area contributed by atoms with E-state index in [1.54, 1.807) is 14.2 Å². The first-order valence-corrected chi connectivity index (χ1v) is 8.80. The lowest BCUT2D eigenvalue weighted by molar-refractivity contribution is 0.355. The van der Waals surface area contributed by atoms with Crippen molar-refractivity contribution >= 4 is 22.5 Å². The molecule has 142 valence electrons. The smallest absolute Gasteiger partial charge is 0.193 e. The number of aliphatic imine (C=N–C) groups is 1. The van der Waals surface area contributed by atoms with Crippen molar-refractivity contribution in [1.29, 1.82) is 0 Å². The standard InChI is InChI=1S/C21H26N4O2/c1-12-8-15(20-17(9-12)13(2)14(3)24-20)11-23-21(22)25-16-6-7-18(26-4)19(10-16)27-5/h6-10,24H,11H2,1-5H3,(H3,22,23,25). The quantitative estimate of drug-likeness (QED) is 0.470. The van der Waals surface area contributed by atoms with Crippen LogP contribution in [0.5, 0.6) is 11.5 Å². The number of hydrogen-bond acceptors (Lipinski definition) is 3. The fraction of sp³-hybridized carbons (Fsp3) is 0.286. The van der Waals surface area contributed by atoms with Crippen LogP contribution in [0.25, 0.3) is 10.9 Å². The number of guanidine groups is 1. The number of fused-ring (bicyclic) bond motifs is 1. The van der Waals surface area contributed by atoms with E-state index in [1.807, 2.05) is 18.2 Å². The molecule has 0 aliphatic heterocycles. The van der Waals surface area contributed by atoms with Crippen LogP contribution in [0.2, 0.25) is 0 Å². The molecule has 1 aromatic heterocycles. The molecule has 0 saturated carbocycles. The van der Waals surface area contributed by atoms with Crippen LogP contribution in [-0.2, 0) is 6.54 Å². The Morgan fingerprint density at radius 2 is 1.81 bits per heavy atom. The summed E-state index contributed by atoms with van der Waals surface area (Å²) in [5.41, 5.74) is 12.8. The van der Waals surface area contributed by atoms with Crippen molar-refractivity contribution < 1.29 is 9.47 Å². The highest BCUT2D eigenvalue weighted by Crippen LogP contribution is 2.30. The van der Waals surface area contributed by atoms with Crippen LogP contribution in [0.3, 0.4) is 0 Å². The van der Waals surface area contributed by atoms with E-state index < -0.39 is 0 Å². The zero-order chi connectivity index (χ0) is 19.6. The largest absolute Gasteiger partial charge is 0.493 e. The Hall–Kier alpha value is -3.15. The number of benzene rings is 2. The van der Waals surface area contributed by atoms with Gasteiger partial charge in [0.25, 0.3) is 0 Å². The predicted octanol–water partition coefficient (Wildman–Crippen LogP) is 4.04. The van der Waals surface area contributed by atoms with E-state index in [9.17, 15) is 0 Å². The first kappa shape index (κ1) is 18.6. The van der Waals surface area contributed by atoms with E-state index in [-0.39, 0.29) is 0 Å². The van der Waals surface area contributed by atoms with Crippen molar-refractivity contribution in [3.05, 3.63) is 52.7 Å². The topological polar surface area (TPSA) is 84.7 Å². The Kier molecular flexibility index (Phi) is 5.26. The number of nitrogens with two attached hydrogens (primary N) is 1. The molecule has 0 aliphatic carbocycles. The van der Waals surface area contributed by atoms with Gasteiger partial charge in [0.15, 0.2) is 17.5 Å². The lowest BCUT2D eigenvalue weighted by Crippen LogP contribution is -2.22. The summed E-state index contributed by atoms with van der Waals surface area (Å²) in [6.45, 7) is 6.81. The predicted molar refractivity (Wildman–Crippen MR) is 111 cm³/mol. The van der Waals surface area contributed by atoms with Crippen LogP contribution >= 0.6 is 0 Å². The van der Waals surface area contributed by atoms with E-state index in [0.29, 0.717) is 24.0 Å². The number of rotatable bonds is 5. The average molecular weight is 366 g/mol. The van der Waals surface area contributed by atoms with Crippen molar-refractivity contribution in [2.75, 3.05) is 19.5 Å². The normalized spacial score (nSPS) is 11.7. The number of ether oxygens (including phenoxy) is 2. The average Bonchev–Trinajstić information content (AvgIpc) is 2.94. The Labute approximate surface area is 159 Å². The van der Waals surface area contributed by atoms with E-state index in [1.165, 1.54) is 22.2 Å². The zero-order valence-corrected chi connectivity index (χ0v) is 16.4. The van der Waals surface area contributed by atoms with Gasteiger partial charge >= 0.3 is 0 Å². The SMILES string of the molecule is COc1ccc(NC(N)=NCc2cc(C)cc3c(C)c(C)[nH]c23)cc1OC. The van der Waals surface area contributed by atoms with Gasteiger partial charge in [-0.05, 0) is 50.1 Å². The molecule has 1 heterocycles. The number of aromatic nitrogens is 1. The van der Waals surface area contributed by atoms with Gasteiger partial charge in [0.05, 0.1) is 26.3 Å². The number of anilines is 1. The summed E-state index contributed by atoms with van der Waals surface area (Å²) >= 11 is 0. The zero-order valence-electron chi connectivity index (χ0n) is 16.4. The van der Waals surface area contributed by atoms with Crippen LogP contribution < -0.4 is 20.5 Å². The molecule has 0 spiro atoms. The van der Waals surface area contributed by atoms with Gasteiger partial charge in [-0.1, -0.05) is 11.6 Å². The van der Waals surface area contributed by atoms with Crippen molar-refractivity contribution in [1.82, 2.24) is 4.98 Å². The minimum Gasteiger partial charge on any atom is -0.493 e. The summed E-state index contributed by atoms with van der Waals surface area (Å²) in [4.78, 5) is 7.97. The molecule has 0 bridgehead atoms. The molecule has 0 unspecified atom stereocenters. The van der Waals surface area contributed by atoms with E-state index in [2.05, 4.69) is 48.2 Å². The fourth-order valence-corrected chi connectivity index (χ4v) is 3.18. The monoisotopic (exact) mass is 366 g/mol. The molecule has 0 atom stereocenters. The Morgan fingerprint density at radius 3 is 2.52 bits per heavy atom. The summed E-state index contributed by atoms with van der Waals surface area (Å²) < 4.78 is 10.6. The molecule has 2 aromatic carbocycles. The number of hydrogen-bond donors (Lipinski definition) is 3. The van der Waals surface area contributed by atoms with Crippen LogP contribution in [0, 0.1) is 20.8 Å². The number of H-pyrrole nitrogens is 1. The molecule has 3 aromatic rings. The minimum atomic E-state index is 0.344. The molecule has 27 heavy (non-hydrogen) atoms. The summed E-state index contributed by atoms with van der Waals surface area (Å²) in [6.07, 6.45) is 0. The number of methoxy groups -OCH3 is 2. The van der Waals surface area contributed by atoms with Crippen molar-refractivity contribution in [3.63, 3.8) is 0 Å². The summed E-state index contributed by atoms with van der Waals surface area (Å²) in [6, 6.07) is 9.86. The lowest BCUT2D eigenvalue weighted by Gasteiger charge is -2.11. The summed E-state index contributed by atoms with van der Waals surface area (Å²) in [7, 11) is 3.20. The van der Waals surface area contributed by atoms with Crippen LogP contribution in [0.1, 0.15) is 22.4 Å². The van der Waals surface area contributed by atoms with Gasteiger partial charge in [0.1, 0.15) is 0 Å². The highest BCUT2D eigenvalue weighted by molar-refractivity contribution is 5.93. The van der Waals surface area contributed by atoms with Crippen molar-refractivity contribution in [2.45, 2.75) is 27.3 Å². The van der Waals surface area contributed by atoms with E-state index >= 15 is 0 Å². The van der Waals surface area contributed by atoms with E-state index in [4.69, 9.17) is 15.2 Å². The minimum absolute atomic E-state index is 0.344. The second-order valence-corrected chi connectivity index (χ2v) is 6.62. The van der Waals surface area contributed by atoms with Gasteiger partial charge in [0, 0.05) is 22.8 Å². The van der Waals surface area contributed by atoms with Crippen LogP contribution in [0.4, 0.5) is 5.69 Å². The molecular weight excluding hydrogens is 340 g/mol. The number of aromatic amines is 1. The lowest BCUT2D eigenvalue weighted by atomic mass is 10.0. The van der Waals surface area contributed by atoms with Gasteiger partial charge in [-0.15, -0.1) is 0 Å². The van der Waals surface area contributed by atoms with Crippen LogP contribution in [0.15, 0.2) is 35.3 Å². The first-order chi connectivity index (χ1) is 12.9. The highest BCUT2D eigenvalue weighted by atomic mass is 16.5. The number of nitrogens with one attached hydrogen (secondary N) is 2. The third kappa shape index (κ3) is 3.84. The Bertz CT molecular complexity index is 1010. The van der Waals surface area contributed by atoms with Gasteiger partial charge in [0.2, 0.25) is 0 Å². The molecule has 0 amide bonds. The molecule has 0 radical (unpaired) electrons. The molecule has 0 aliphatic rings. The fourth-order valence-electron chi connectivity index (χ4n) is 3.18. The Balaban J connectivity index is 1.82. The molecule has 3 rings (SSSR count).